The molecule has 0 unspecified atom stereocenters. The van der Waals surface area contributed by atoms with E-state index in [1.807, 2.05) is 17.5 Å². The Bertz CT molecular complexity index is 4790. The molecule has 1 aliphatic rings. The molecule has 0 saturated carbocycles. The van der Waals surface area contributed by atoms with E-state index in [4.69, 9.17) is 9.72 Å². The van der Waals surface area contributed by atoms with Crippen molar-refractivity contribution in [2.75, 3.05) is 9.80 Å². The first-order chi connectivity index (χ1) is 44.0. The summed E-state index contributed by atoms with van der Waals surface area (Å²) in [6.07, 6.45) is 1.95. The van der Waals surface area contributed by atoms with Crippen molar-refractivity contribution in [1.82, 2.24) is 9.55 Å². The molecule has 0 radical (unpaired) electrons. The summed E-state index contributed by atoms with van der Waals surface area (Å²) < 4.78 is 12.1. The van der Waals surface area contributed by atoms with Crippen molar-refractivity contribution < 1.29 is 25.8 Å². The molecule has 0 spiro atoms. The summed E-state index contributed by atoms with van der Waals surface area (Å²) in [6.45, 7) is 51.1. The van der Waals surface area contributed by atoms with E-state index in [1.165, 1.54) is 92.3 Å². The van der Waals surface area contributed by atoms with Crippen molar-refractivity contribution in [2.45, 2.75) is 183 Å². The third kappa shape index (κ3) is 12.7. The number of pyridine rings is 1. The average Bonchev–Trinajstić information content (AvgIpc) is 1.62. The number of hydrogen-bond acceptors (Lipinski definition) is 5. The van der Waals surface area contributed by atoms with Crippen molar-refractivity contribution in [3.05, 3.63) is 234 Å². The van der Waals surface area contributed by atoms with Crippen LogP contribution in [0.4, 0.5) is 22.7 Å². The molecule has 0 fully saturated rings. The second-order valence-corrected chi connectivity index (χ2v) is 34.7. The minimum atomic E-state index is -0.258. The Morgan fingerprint density at radius 1 is 0.400 bits per heavy atom. The summed E-state index contributed by atoms with van der Waals surface area (Å²) in [4.78, 5) is 9.99. The van der Waals surface area contributed by atoms with Gasteiger partial charge in [0.2, 0.25) is 0 Å². The van der Waals surface area contributed by atoms with Gasteiger partial charge in [-0.1, -0.05) is 248 Å². The van der Waals surface area contributed by atoms with Gasteiger partial charge in [-0.2, -0.15) is 6.07 Å². The van der Waals surface area contributed by atoms with Gasteiger partial charge in [0, 0.05) is 92.6 Å². The normalized spacial score (nSPS) is 13.6. The Morgan fingerprint density at radius 2 is 0.895 bits per heavy atom. The molecule has 12 aromatic rings. The third-order valence-electron chi connectivity index (χ3n) is 19.2. The van der Waals surface area contributed by atoms with E-state index in [0.717, 1.165) is 50.6 Å². The van der Waals surface area contributed by atoms with Gasteiger partial charge in [0.15, 0.2) is 0 Å². The van der Waals surface area contributed by atoms with Crippen LogP contribution >= 0.6 is 11.3 Å². The van der Waals surface area contributed by atoms with Crippen LogP contribution in [-0.2, 0) is 59.0 Å². The van der Waals surface area contributed by atoms with E-state index in [9.17, 15) is 0 Å². The second kappa shape index (κ2) is 23.8. The van der Waals surface area contributed by atoms with Gasteiger partial charge in [0.05, 0.1) is 0 Å². The summed E-state index contributed by atoms with van der Waals surface area (Å²) in [7, 11) is 0. The number of hydrogen-bond donors (Lipinski definition) is 0. The maximum Gasteiger partial charge on any atom is 0.135 e. The Balaban J connectivity index is 0.00000864. The maximum atomic E-state index is 7.27. The number of para-hydroxylation sites is 2. The summed E-state index contributed by atoms with van der Waals surface area (Å²) in [5, 5.41) is 4.79. The fraction of sp³-hybridized carbons (Fsp3) is 0.318. The predicted octanol–water partition coefficient (Wildman–Crippen LogP) is 25.4. The number of fused-ring (bicyclic) bond motifs is 8. The van der Waals surface area contributed by atoms with Crippen molar-refractivity contribution in [3.63, 3.8) is 0 Å². The first-order valence-corrected chi connectivity index (χ1v) is 34.5. The van der Waals surface area contributed by atoms with E-state index >= 15 is 0 Å². The molecule has 13 rings (SSSR count). The predicted molar refractivity (Wildman–Crippen MR) is 404 cm³/mol. The molecule has 0 saturated heterocycles. The summed E-state index contributed by atoms with van der Waals surface area (Å²) in [5.74, 6) is 2.03. The number of rotatable bonds is 8. The third-order valence-corrected chi connectivity index (χ3v) is 20.4. The fourth-order valence-corrected chi connectivity index (χ4v) is 14.5. The van der Waals surface area contributed by atoms with Crippen LogP contribution in [0.25, 0.3) is 81.2 Å². The van der Waals surface area contributed by atoms with Crippen molar-refractivity contribution >= 4 is 76.1 Å². The minimum absolute atomic E-state index is 0. The fourth-order valence-electron chi connectivity index (χ4n) is 13.2. The molecule has 490 valence electrons. The van der Waals surface area contributed by atoms with Crippen molar-refractivity contribution in [2.24, 2.45) is 0 Å². The van der Waals surface area contributed by atoms with Crippen LogP contribution < -0.4 is 14.5 Å². The van der Waals surface area contributed by atoms with Crippen LogP contribution in [0.1, 0.15) is 184 Å². The Labute approximate surface area is 584 Å². The number of anilines is 4. The van der Waals surface area contributed by atoms with Crippen LogP contribution in [-0.4, -0.2) is 9.55 Å². The number of ether oxygens (including phenoxy) is 1. The Kier molecular flexibility index (Phi) is 16.8. The van der Waals surface area contributed by atoms with Gasteiger partial charge >= 0.3 is 0 Å². The average molecular weight is 1450 g/mol. The van der Waals surface area contributed by atoms with Gasteiger partial charge < -0.3 is 19.1 Å². The zero-order chi connectivity index (χ0) is 67.1. The first kappa shape index (κ1) is 67.2. The molecular weight excluding hydrogens is 1360 g/mol. The van der Waals surface area contributed by atoms with Gasteiger partial charge in [-0.05, 0) is 147 Å². The summed E-state index contributed by atoms with van der Waals surface area (Å²) >= 11 is 1.86. The number of aromatic nitrogens is 2. The van der Waals surface area contributed by atoms with Crippen molar-refractivity contribution in [3.8, 4) is 50.7 Å². The van der Waals surface area contributed by atoms with Gasteiger partial charge in [0.25, 0.3) is 0 Å². The molecule has 5 nitrogen and oxygen atoms in total. The largest absolute Gasteiger partial charge is 0.509 e. The Hall–Kier alpha value is -7.76. The van der Waals surface area contributed by atoms with Crippen LogP contribution in [0.5, 0.6) is 11.5 Å². The van der Waals surface area contributed by atoms with Gasteiger partial charge in [0.1, 0.15) is 5.82 Å². The quantitative estimate of drug-likeness (QED) is 0.142. The van der Waals surface area contributed by atoms with Crippen molar-refractivity contribution in [1.29, 1.82) is 0 Å². The molecular formula is C88H93N4OPtS-3. The number of thiophene rings is 1. The second-order valence-electron chi connectivity index (χ2n) is 33.6. The van der Waals surface area contributed by atoms with Crippen LogP contribution in [0.2, 0.25) is 0 Å². The summed E-state index contributed by atoms with van der Waals surface area (Å²) in [5.41, 5.74) is 21.2. The van der Waals surface area contributed by atoms with Crippen LogP contribution in [0.15, 0.2) is 176 Å². The minimum Gasteiger partial charge on any atom is -0.509 e. The first-order valence-electron chi connectivity index (χ1n) is 33.7. The van der Waals surface area contributed by atoms with E-state index in [2.05, 4.69) is 348 Å². The molecule has 0 N–H and O–H groups in total. The smallest absolute Gasteiger partial charge is 0.135 e. The molecule has 3 aromatic heterocycles. The molecule has 95 heavy (non-hydrogen) atoms. The van der Waals surface area contributed by atoms with E-state index < -0.39 is 0 Å². The molecule has 1 aliphatic heterocycles. The Morgan fingerprint density at radius 3 is 1.44 bits per heavy atom. The van der Waals surface area contributed by atoms with E-state index in [-0.39, 0.29) is 59.0 Å². The number of nitrogens with zero attached hydrogens (tertiary/aromatic N) is 4. The van der Waals surface area contributed by atoms with Crippen LogP contribution in [0, 0.1) is 18.8 Å². The molecule has 0 aliphatic carbocycles. The zero-order valence-corrected chi connectivity index (χ0v) is 62.8. The maximum absolute atomic E-state index is 7.27. The SMILES string of the molecule is CC(C)(C)c1cc(Oc2[c-]c3c(cc2)c2c4sc5ccccc5c4c(-c4ccccc4)cc2n3-c2cc(C(C)(C)C)ccn2)[c-]c(N2[CH-]N(c3c(-c4cc(C(C)(C)C)cc(C(C)(C)C)c4)cc(C(C)(C)C)cc3-c3cc(C(C)(C)C)cc(C(C)(C)C)c3)c3ccccc32)c1.[Pt]. The van der Waals surface area contributed by atoms with E-state index in [0.29, 0.717) is 11.5 Å². The zero-order valence-electron chi connectivity index (χ0n) is 59.7. The molecule has 9 aromatic carbocycles. The van der Waals surface area contributed by atoms with Gasteiger partial charge in [-0.25, -0.2) is 4.98 Å². The molecule has 0 atom stereocenters. The van der Waals surface area contributed by atoms with Gasteiger partial charge in [-0.3, -0.25) is 0 Å². The molecule has 0 amide bonds. The monoisotopic (exact) mass is 1450 g/mol. The molecule has 7 heteroatoms. The summed E-state index contributed by atoms with van der Waals surface area (Å²) in [6, 6.07) is 71.7. The molecule has 0 bridgehead atoms. The van der Waals surface area contributed by atoms with Crippen LogP contribution in [0.3, 0.4) is 0 Å². The molecule has 4 heterocycles. The number of benzene rings is 9. The van der Waals surface area contributed by atoms with Gasteiger partial charge in [-0.15, -0.1) is 65.0 Å². The van der Waals surface area contributed by atoms with E-state index in [1.54, 1.807) is 0 Å². The topological polar surface area (TPSA) is 33.5 Å². The standard InChI is InChI=1S/C88H93N4OS.Pt/c1-82(2,3)57-37-38-89-77(49-57)92-74-51-65(35-36-67(74)79-75(92)52-69(54-29-23-22-24-30-54)78-68-31-25-28-34-76(68)94-81(78)79)93-66-46-62(87(16,17)18)45-64(50-66)90-53-91(73-33-27-26-32-72(73)90)80-70(55-39-58(83(4,5)6)43-59(40-55)84(7,8)9)47-63(88(19,20)21)48-71(80)56-41-60(85(10,11)12)44-61(42-56)86(13,14)15;/h22-49,52-53H,1-21H3;/q-3;.